The fourth-order valence-electron chi connectivity index (χ4n) is 3.38. The maximum atomic E-state index is 13.0. The van der Waals surface area contributed by atoms with Gasteiger partial charge in [-0.15, -0.1) is 0 Å². The van der Waals surface area contributed by atoms with Gasteiger partial charge in [-0.2, -0.15) is 41.6 Å². The van der Waals surface area contributed by atoms with Crippen molar-refractivity contribution in [3.05, 3.63) is 65.2 Å². The minimum absolute atomic E-state index is 0.121. The van der Waals surface area contributed by atoms with Crippen molar-refractivity contribution in [3.63, 3.8) is 0 Å². The molecule has 3 aromatic rings. The third kappa shape index (κ3) is 7.97. The van der Waals surface area contributed by atoms with E-state index < -0.39 is 47.4 Å². The maximum absolute atomic E-state index is 13.0. The van der Waals surface area contributed by atoms with E-state index in [0.717, 1.165) is 36.4 Å². The molecule has 2 amide bonds. The molecule has 0 unspecified atom stereocenters. The van der Waals surface area contributed by atoms with E-state index in [1.165, 1.54) is 26.0 Å². The third-order valence-electron chi connectivity index (χ3n) is 5.45. The van der Waals surface area contributed by atoms with Crippen LogP contribution in [0.15, 0.2) is 48.5 Å². The second-order valence-corrected chi connectivity index (χ2v) is 8.63. The lowest BCUT2D eigenvalue weighted by atomic mass is 10.2. The van der Waals surface area contributed by atoms with Crippen LogP contribution in [0.1, 0.15) is 30.5 Å². The summed E-state index contributed by atoms with van der Waals surface area (Å²) in [4.78, 5) is 33.0. The van der Waals surface area contributed by atoms with Gasteiger partial charge in [0.15, 0.2) is 11.6 Å². The minimum Gasteiger partial charge on any atom is -0.368 e. The Labute approximate surface area is 229 Å². The number of nitrogens with zero attached hydrogens (tertiary/aromatic N) is 3. The van der Waals surface area contributed by atoms with E-state index >= 15 is 0 Å². The normalized spacial score (nSPS) is 13.0. The fourth-order valence-corrected chi connectivity index (χ4v) is 3.38. The van der Waals surface area contributed by atoms with Crippen LogP contribution >= 0.6 is 0 Å². The largest absolute Gasteiger partial charge is 0.416 e. The molecule has 0 saturated carbocycles. The van der Waals surface area contributed by atoms with E-state index in [9.17, 15) is 41.2 Å². The summed E-state index contributed by atoms with van der Waals surface area (Å²) in [5, 5.41) is 19.6. The standard InChI is InChI=1S/C25H22F6N8O2/c1-12(21(40)36-16-7-3-5-14(9-16)24(26,27)28)34-19-18(11-32)20(39-23(33)38-19)35-13(2)22(41)37-17-8-4-6-15(10-17)25(29,30)31/h3-10,12-13H,1-2H3,(H,36,40)(H,37,41)(H4,33,34,35,38,39)/t12-,13-/m0/s1. The van der Waals surface area contributed by atoms with Crippen molar-refractivity contribution in [1.29, 1.82) is 5.26 Å². The molecule has 1 heterocycles. The Morgan fingerprint density at radius 3 is 1.54 bits per heavy atom. The molecule has 0 radical (unpaired) electrons. The molecule has 16 heteroatoms. The number of amides is 2. The SMILES string of the molecule is C[C@H](Nc1nc(N)nc(N[C@@H](C)C(=O)Nc2cccc(C(F)(F)F)c2)c1C#N)C(=O)Nc1cccc(C(F)(F)F)c1. The first-order valence-electron chi connectivity index (χ1n) is 11.7. The first-order chi connectivity index (χ1) is 19.1. The first kappa shape index (κ1) is 30.5. The van der Waals surface area contributed by atoms with Crippen molar-refractivity contribution in [1.82, 2.24) is 9.97 Å². The molecule has 0 bridgehead atoms. The van der Waals surface area contributed by atoms with Crippen molar-refractivity contribution in [2.75, 3.05) is 27.0 Å². The maximum Gasteiger partial charge on any atom is 0.416 e. The van der Waals surface area contributed by atoms with E-state index in [1.54, 1.807) is 0 Å². The molecule has 6 N–H and O–H groups in total. The summed E-state index contributed by atoms with van der Waals surface area (Å²) in [6, 6.07) is 7.49. The second kappa shape index (κ2) is 12.0. The number of nitriles is 1. The van der Waals surface area contributed by atoms with E-state index in [-0.39, 0.29) is 34.5 Å². The highest BCUT2D eigenvalue weighted by molar-refractivity contribution is 5.97. The zero-order valence-corrected chi connectivity index (χ0v) is 21.3. The van der Waals surface area contributed by atoms with Crippen molar-refractivity contribution in [2.45, 2.75) is 38.3 Å². The minimum atomic E-state index is -4.62. The number of nitrogens with two attached hydrogens (primary N) is 1. The van der Waals surface area contributed by atoms with Gasteiger partial charge in [0, 0.05) is 11.4 Å². The van der Waals surface area contributed by atoms with Crippen LogP contribution in [0.3, 0.4) is 0 Å². The van der Waals surface area contributed by atoms with Crippen LogP contribution in [-0.2, 0) is 21.9 Å². The molecule has 41 heavy (non-hydrogen) atoms. The number of hydrogen-bond acceptors (Lipinski definition) is 8. The van der Waals surface area contributed by atoms with Crippen molar-refractivity contribution in [3.8, 4) is 6.07 Å². The van der Waals surface area contributed by atoms with Gasteiger partial charge in [0.25, 0.3) is 0 Å². The molecule has 0 spiro atoms. The smallest absolute Gasteiger partial charge is 0.368 e. The Bertz CT molecular complexity index is 1390. The van der Waals surface area contributed by atoms with Crippen molar-refractivity contribution in [2.24, 2.45) is 0 Å². The Balaban J connectivity index is 1.74. The molecule has 2 aromatic carbocycles. The number of benzene rings is 2. The molecule has 3 rings (SSSR count). The molecular weight excluding hydrogens is 558 g/mol. The number of carbonyl (C=O) groups is 2. The first-order valence-corrected chi connectivity index (χ1v) is 11.7. The summed E-state index contributed by atoms with van der Waals surface area (Å²) in [6.07, 6.45) is -9.23. The van der Waals surface area contributed by atoms with Crippen LogP contribution in [0.4, 0.5) is 55.3 Å². The average Bonchev–Trinajstić information content (AvgIpc) is 2.87. The van der Waals surface area contributed by atoms with Gasteiger partial charge in [-0.25, -0.2) is 0 Å². The summed E-state index contributed by atoms with van der Waals surface area (Å²) in [7, 11) is 0. The summed E-state index contributed by atoms with van der Waals surface area (Å²) in [5.74, 6) is -2.35. The number of hydrogen-bond donors (Lipinski definition) is 5. The highest BCUT2D eigenvalue weighted by Gasteiger charge is 2.31. The van der Waals surface area contributed by atoms with Gasteiger partial charge in [-0.3, -0.25) is 9.59 Å². The molecular formula is C25H22F6N8O2. The van der Waals surface area contributed by atoms with E-state index in [1.807, 2.05) is 6.07 Å². The van der Waals surface area contributed by atoms with Crippen LogP contribution < -0.4 is 27.0 Å². The van der Waals surface area contributed by atoms with E-state index in [0.29, 0.717) is 0 Å². The van der Waals surface area contributed by atoms with Gasteiger partial charge >= 0.3 is 12.4 Å². The number of carbonyl (C=O) groups excluding carboxylic acids is 2. The number of nitrogens with one attached hydrogen (secondary N) is 4. The van der Waals surface area contributed by atoms with Gasteiger partial charge in [0.05, 0.1) is 11.1 Å². The van der Waals surface area contributed by atoms with E-state index in [4.69, 9.17) is 5.73 Å². The number of alkyl halides is 6. The lowest BCUT2D eigenvalue weighted by Gasteiger charge is -2.19. The Morgan fingerprint density at radius 2 is 1.20 bits per heavy atom. The van der Waals surface area contributed by atoms with Crippen LogP contribution in [0.5, 0.6) is 0 Å². The van der Waals surface area contributed by atoms with Gasteiger partial charge in [-0.05, 0) is 50.2 Å². The van der Waals surface area contributed by atoms with Gasteiger partial charge in [0.1, 0.15) is 23.7 Å². The second-order valence-electron chi connectivity index (χ2n) is 8.63. The summed E-state index contributed by atoms with van der Waals surface area (Å²) in [5.41, 5.74) is 3.28. The fraction of sp³-hybridized carbons (Fsp3) is 0.240. The summed E-state index contributed by atoms with van der Waals surface area (Å²) >= 11 is 0. The van der Waals surface area contributed by atoms with Gasteiger partial charge in [0.2, 0.25) is 17.8 Å². The lowest BCUT2D eigenvalue weighted by molar-refractivity contribution is -0.138. The van der Waals surface area contributed by atoms with Crippen LogP contribution in [0.25, 0.3) is 0 Å². The number of rotatable bonds is 8. The zero-order valence-electron chi connectivity index (χ0n) is 21.3. The molecule has 0 aliphatic rings. The zero-order chi connectivity index (χ0) is 30.5. The Hall–Kier alpha value is -5.07. The number of nitrogen functional groups attached to an aromatic ring is 1. The quantitative estimate of drug-likeness (QED) is 0.237. The molecule has 0 aliphatic heterocycles. The van der Waals surface area contributed by atoms with Gasteiger partial charge in [-0.1, -0.05) is 12.1 Å². The van der Waals surface area contributed by atoms with Crippen LogP contribution in [-0.4, -0.2) is 33.9 Å². The monoisotopic (exact) mass is 580 g/mol. The van der Waals surface area contributed by atoms with E-state index in [2.05, 4.69) is 31.2 Å². The molecule has 0 aliphatic carbocycles. The Kier molecular flexibility index (Phi) is 8.91. The molecule has 2 atom stereocenters. The molecule has 0 fully saturated rings. The van der Waals surface area contributed by atoms with Crippen LogP contribution in [0, 0.1) is 11.3 Å². The average molecular weight is 580 g/mol. The van der Waals surface area contributed by atoms with Crippen LogP contribution in [0.2, 0.25) is 0 Å². The molecule has 216 valence electrons. The number of aromatic nitrogens is 2. The molecule has 1 aromatic heterocycles. The summed E-state index contributed by atoms with van der Waals surface area (Å²) in [6.45, 7) is 2.70. The number of anilines is 5. The lowest BCUT2D eigenvalue weighted by Crippen LogP contribution is -2.34. The Morgan fingerprint density at radius 1 is 0.805 bits per heavy atom. The van der Waals surface area contributed by atoms with Gasteiger partial charge < -0.3 is 27.0 Å². The number of halogens is 6. The predicted octanol–water partition coefficient (Wildman–Crippen LogP) is 4.85. The van der Waals surface area contributed by atoms with Crippen molar-refractivity contribution >= 4 is 40.8 Å². The molecule has 10 nitrogen and oxygen atoms in total. The topological polar surface area (TPSA) is 158 Å². The predicted molar refractivity (Wildman–Crippen MR) is 137 cm³/mol. The third-order valence-corrected chi connectivity index (χ3v) is 5.45. The molecule has 0 saturated heterocycles. The van der Waals surface area contributed by atoms with Crippen molar-refractivity contribution < 1.29 is 35.9 Å². The highest BCUT2D eigenvalue weighted by Crippen LogP contribution is 2.32. The highest BCUT2D eigenvalue weighted by atomic mass is 19.4. The summed E-state index contributed by atoms with van der Waals surface area (Å²) < 4.78 is 77.8.